The van der Waals surface area contributed by atoms with Crippen molar-refractivity contribution in [3.63, 3.8) is 0 Å². The van der Waals surface area contributed by atoms with Gasteiger partial charge in [-0.1, -0.05) is 6.07 Å². The maximum absolute atomic E-state index is 12.8. The Morgan fingerprint density at radius 3 is 2.71 bits per heavy atom. The van der Waals surface area contributed by atoms with Crippen LogP contribution in [0, 0.1) is 6.92 Å². The van der Waals surface area contributed by atoms with E-state index in [9.17, 15) is 23.1 Å². The predicted molar refractivity (Wildman–Crippen MR) is 97.4 cm³/mol. The van der Waals surface area contributed by atoms with E-state index in [2.05, 4.69) is 5.10 Å². The zero-order valence-electron chi connectivity index (χ0n) is 15.4. The normalized spacial score (nSPS) is 15.0. The molecule has 2 aromatic rings. The summed E-state index contributed by atoms with van der Waals surface area (Å²) in [5, 5.41) is 13.8. The fourth-order valence-corrected chi connectivity index (χ4v) is 3.42. The Labute approximate surface area is 160 Å². The summed E-state index contributed by atoms with van der Waals surface area (Å²) >= 11 is 0. The van der Waals surface area contributed by atoms with Gasteiger partial charge in [0.2, 0.25) is 0 Å². The first-order chi connectivity index (χ1) is 13.3. The molecule has 0 radical (unpaired) electrons. The van der Waals surface area contributed by atoms with Gasteiger partial charge in [0, 0.05) is 6.20 Å². The molecule has 8 heteroatoms. The van der Waals surface area contributed by atoms with Crippen molar-refractivity contribution in [3.05, 3.63) is 46.8 Å². The zero-order valence-corrected chi connectivity index (χ0v) is 15.4. The Morgan fingerprint density at radius 2 is 2.00 bits per heavy atom. The molecule has 1 aliphatic carbocycles. The molecular weight excluding hydrogens is 373 g/mol. The summed E-state index contributed by atoms with van der Waals surface area (Å²) in [7, 11) is 0. The van der Waals surface area contributed by atoms with Crippen LogP contribution in [-0.2, 0) is 6.54 Å². The molecule has 0 spiro atoms. The first-order valence-electron chi connectivity index (χ1n) is 9.00. The smallest absolute Gasteiger partial charge is 0.408 e. The van der Waals surface area contributed by atoms with E-state index < -0.39 is 12.7 Å². The highest BCUT2D eigenvalue weighted by molar-refractivity contribution is 5.84. The van der Waals surface area contributed by atoms with Crippen LogP contribution in [-0.4, -0.2) is 34.0 Å². The maximum atomic E-state index is 12.8. The van der Waals surface area contributed by atoms with E-state index in [0.29, 0.717) is 30.4 Å². The van der Waals surface area contributed by atoms with Gasteiger partial charge in [-0.2, -0.15) is 18.3 Å². The van der Waals surface area contributed by atoms with Gasteiger partial charge in [-0.25, -0.2) is 0 Å². The molecule has 1 heterocycles. The number of aromatic nitrogens is 2. The van der Waals surface area contributed by atoms with Gasteiger partial charge in [0.15, 0.2) is 6.29 Å². The van der Waals surface area contributed by atoms with Crippen LogP contribution in [0.2, 0.25) is 0 Å². The number of carbonyl (C=O) groups is 1. The molecule has 1 aliphatic rings. The average molecular weight is 394 g/mol. The summed E-state index contributed by atoms with van der Waals surface area (Å²) < 4.78 is 45.2. The molecule has 1 N–H and O–H groups in total. The van der Waals surface area contributed by atoms with Gasteiger partial charge < -0.3 is 9.84 Å². The summed E-state index contributed by atoms with van der Waals surface area (Å²) in [4.78, 5) is 11.3. The lowest BCUT2D eigenvalue weighted by molar-refractivity contribution is -0.142. The molecule has 3 rings (SSSR count). The van der Waals surface area contributed by atoms with E-state index in [-0.39, 0.29) is 23.7 Å². The largest absolute Gasteiger partial charge is 0.507 e. The number of hydrogen-bond acceptors (Lipinski definition) is 4. The number of ether oxygens (including phenoxy) is 1. The maximum Gasteiger partial charge on any atom is 0.408 e. The third-order valence-electron chi connectivity index (χ3n) is 4.84. The van der Waals surface area contributed by atoms with E-state index in [1.165, 1.54) is 6.20 Å². The molecular formula is C20H21F3N2O3. The number of phenolic OH excluding ortho intramolecular Hbond substituents is 1. The number of allylic oxidation sites excluding steroid dienone is 1. The zero-order chi connectivity index (χ0) is 20.3. The van der Waals surface area contributed by atoms with E-state index in [0.717, 1.165) is 28.7 Å². The van der Waals surface area contributed by atoms with Crippen molar-refractivity contribution < 1.29 is 27.8 Å². The Morgan fingerprint density at radius 1 is 1.25 bits per heavy atom. The lowest BCUT2D eigenvalue weighted by atomic mass is 9.90. The summed E-state index contributed by atoms with van der Waals surface area (Å²) in [5.41, 5.74) is 2.75. The van der Waals surface area contributed by atoms with Crippen LogP contribution in [0.5, 0.6) is 11.5 Å². The molecule has 0 aliphatic heterocycles. The monoisotopic (exact) mass is 394 g/mol. The van der Waals surface area contributed by atoms with E-state index in [1.807, 2.05) is 0 Å². The highest BCUT2D eigenvalue weighted by Gasteiger charge is 2.30. The number of hydrogen-bond donors (Lipinski definition) is 1. The first kappa shape index (κ1) is 20.0. The highest BCUT2D eigenvalue weighted by Crippen LogP contribution is 2.35. The number of aryl methyl sites for hydroxylation is 1. The van der Waals surface area contributed by atoms with Crippen LogP contribution in [0.4, 0.5) is 13.2 Å². The molecule has 28 heavy (non-hydrogen) atoms. The molecule has 0 atom stereocenters. The molecule has 0 amide bonds. The molecule has 0 unspecified atom stereocenters. The van der Waals surface area contributed by atoms with Crippen molar-refractivity contribution in [2.75, 3.05) is 6.61 Å². The predicted octanol–water partition coefficient (Wildman–Crippen LogP) is 4.68. The van der Waals surface area contributed by atoms with Gasteiger partial charge in [0.25, 0.3) is 0 Å². The minimum atomic E-state index is -4.36. The van der Waals surface area contributed by atoms with Gasteiger partial charge in [-0.3, -0.25) is 9.48 Å². The molecule has 0 saturated carbocycles. The number of phenols is 1. The van der Waals surface area contributed by atoms with Crippen molar-refractivity contribution in [2.45, 2.75) is 45.3 Å². The summed E-state index contributed by atoms with van der Waals surface area (Å²) in [6, 6.07) is 4.84. The van der Waals surface area contributed by atoms with Crippen LogP contribution in [0.15, 0.2) is 30.0 Å². The van der Waals surface area contributed by atoms with Crippen molar-refractivity contribution in [2.24, 2.45) is 0 Å². The fraction of sp³-hybridized carbons (Fsp3) is 0.400. The molecule has 0 saturated heterocycles. The minimum Gasteiger partial charge on any atom is -0.507 e. The van der Waals surface area contributed by atoms with Gasteiger partial charge >= 0.3 is 6.18 Å². The van der Waals surface area contributed by atoms with Crippen LogP contribution >= 0.6 is 0 Å². The van der Waals surface area contributed by atoms with Gasteiger partial charge in [0.1, 0.15) is 24.7 Å². The van der Waals surface area contributed by atoms with Crippen molar-refractivity contribution in [1.82, 2.24) is 9.78 Å². The molecule has 0 bridgehead atoms. The van der Waals surface area contributed by atoms with Gasteiger partial charge in [-0.05, 0) is 61.4 Å². The third kappa shape index (κ3) is 4.37. The van der Waals surface area contributed by atoms with Crippen molar-refractivity contribution >= 4 is 11.9 Å². The van der Waals surface area contributed by atoms with Crippen molar-refractivity contribution in [1.29, 1.82) is 0 Å². The Balaban J connectivity index is 1.88. The summed E-state index contributed by atoms with van der Waals surface area (Å²) in [5.74, 6) is 0.118. The number of aromatic hydroxyl groups is 1. The Hall–Kier alpha value is -2.77. The summed E-state index contributed by atoms with van der Waals surface area (Å²) in [6.45, 7) is 0.666. The number of benzene rings is 1. The van der Waals surface area contributed by atoms with Gasteiger partial charge in [0.05, 0.1) is 11.3 Å². The number of nitrogens with zero attached hydrogens (tertiary/aromatic N) is 2. The highest BCUT2D eigenvalue weighted by atomic mass is 19.4. The number of halogens is 3. The van der Waals surface area contributed by atoms with Crippen LogP contribution in [0.3, 0.4) is 0 Å². The molecule has 1 aromatic carbocycles. The topological polar surface area (TPSA) is 64.4 Å². The fourth-order valence-electron chi connectivity index (χ4n) is 3.42. The van der Waals surface area contributed by atoms with Crippen molar-refractivity contribution in [3.8, 4) is 11.5 Å². The van der Waals surface area contributed by atoms with Crippen LogP contribution < -0.4 is 4.74 Å². The first-order valence-corrected chi connectivity index (χ1v) is 9.00. The summed E-state index contributed by atoms with van der Waals surface area (Å²) in [6.07, 6.45) is 0.666. The van der Waals surface area contributed by atoms with Crippen LogP contribution in [0.25, 0.3) is 5.57 Å². The quantitative estimate of drug-likeness (QED) is 0.723. The Kier molecular flexibility index (Phi) is 5.76. The molecule has 1 aromatic heterocycles. The molecule has 0 fully saturated rings. The number of rotatable bonds is 6. The standard InChI is InChI=1S/C20H21F3N2O3/c1-13-6-7-18(16(10-26)19(13)27)28-11-14-4-2-3-5-15(14)17-8-9-24-25(17)12-20(21,22)23/h6-10,27H,2-5,11-12H2,1H3. The molecule has 150 valence electrons. The van der Waals surface area contributed by atoms with E-state index in [4.69, 9.17) is 4.74 Å². The molecule has 5 nitrogen and oxygen atoms in total. The number of alkyl halides is 3. The third-order valence-corrected chi connectivity index (χ3v) is 4.84. The lowest BCUT2D eigenvalue weighted by Gasteiger charge is -2.22. The lowest BCUT2D eigenvalue weighted by Crippen LogP contribution is -2.21. The van der Waals surface area contributed by atoms with Gasteiger partial charge in [-0.15, -0.1) is 0 Å². The van der Waals surface area contributed by atoms with E-state index in [1.54, 1.807) is 25.1 Å². The Bertz CT molecular complexity index is 901. The average Bonchev–Trinajstić information content (AvgIpc) is 3.09. The van der Waals surface area contributed by atoms with E-state index >= 15 is 0 Å². The SMILES string of the molecule is Cc1ccc(OCC2=C(c3ccnn3CC(F)(F)F)CCCC2)c(C=O)c1O. The minimum absolute atomic E-state index is 0.0695. The second-order valence-corrected chi connectivity index (χ2v) is 6.83. The van der Waals surface area contributed by atoms with Crippen LogP contribution in [0.1, 0.15) is 47.3 Å². The second-order valence-electron chi connectivity index (χ2n) is 6.83. The number of aldehydes is 1. The second kappa shape index (κ2) is 8.08. The number of carbonyl (C=O) groups excluding carboxylic acids is 1.